The van der Waals surface area contributed by atoms with Crippen LogP contribution in [-0.4, -0.2) is 4.98 Å². The van der Waals surface area contributed by atoms with Crippen LogP contribution in [-0.2, 0) is 6.42 Å². The molecule has 0 aliphatic rings. The highest BCUT2D eigenvalue weighted by atomic mass is 16.4. The van der Waals surface area contributed by atoms with Gasteiger partial charge >= 0.3 is 0 Å². The predicted molar refractivity (Wildman–Crippen MR) is 101 cm³/mol. The van der Waals surface area contributed by atoms with Crippen molar-refractivity contribution in [1.29, 1.82) is 0 Å². The monoisotopic (exact) mass is 326 g/mol. The van der Waals surface area contributed by atoms with E-state index in [1.165, 1.54) is 5.56 Å². The van der Waals surface area contributed by atoms with Crippen LogP contribution in [0.5, 0.6) is 0 Å². The van der Waals surface area contributed by atoms with E-state index in [-0.39, 0.29) is 0 Å². The minimum Gasteiger partial charge on any atom is -0.423 e. The van der Waals surface area contributed by atoms with E-state index in [9.17, 15) is 0 Å². The average Bonchev–Trinajstić information content (AvgIpc) is 3.06. The largest absolute Gasteiger partial charge is 0.423 e. The van der Waals surface area contributed by atoms with Gasteiger partial charge in [-0.05, 0) is 17.7 Å². The SMILES string of the molecule is c1ccc(Cc2nc(Nc3ccccc3)oc2-c2ccccc2)cc1. The Balaban J connectivity index is 1.70. The Kier molecular flexibility index (Phi) is 4.29. The molecule has 1 aromatic heterocycles. The summed E-state index contributed by atoms with van der Waals surface area (Å²) in [6.07, 6.45) is 0.727. The average molecular weight is 326 g/mol. The number of benzene rings is 3. The Morgan fingerprint density at radius 3 is 2.00 bits per heavy atom. The van der Waals surface area contributed by atoms with Crippen molar-refractivity contribution in [3.8, 4) is 11.3 Å². The third-order valence-electron chi connectivity index (χ3n) is 3.97. The van der Waals surface area contributed by atoms with Gasteiger partial charge in [-0.25, -0.2) is 0 Å². The summed E-state index contributed by atoms with van der Waals surface area (Å²) in [5, 5.41) is 3.24. The molecule has 1 heterocycles. The molecule has 0 amide bonds. The number of hydrogen-bond acceptors (Lipinski definition) is 3. The minimum absolute atomic E-state index is 0.510. The minimum atomic E-state index is 0.510. The fraction of sp³-hybridized carbons (Fsp3) is 0.0455. The number of aromatic nitrogens is 1. The number of hydrogen-bond donors (Lipinski definition) is 1. The zero-order valence-corrected chi connectivity index (χ0v) is 13.7. The maximum atomic E-state index is 6.05. The highest BCUT2D eigenvalue weighted by molar-refractivity contribution is 5.63. The lowest BCUT2D eigenvalue weighted by molar-refractivity contribution is 0.591. The normalized spacial score (nSPS) is 10.6. The zero-order valence-electron chi connectivity index (χ0n) is 13.7. The molecular formula is C22H18N2O. The first-order valence-electron chi connectivity index (χ1n) is 8.29. The number of anilines is 2. The summed E-state index contributed by atoms with van der Waals surface area (Å²) in [5.74, 6) is 0.808. The van der Waals surface area contributed by atoms with Crippen LogP contribution < -0.4 is 5.32 Å². The van der Waals surface area contributed by atoms with Crippen LogP contribution in [0.4, 0.5) is 11.7 Å². The molecule has 0 saturated carbocycles. The smallest absolute Gasteiger partial charge is 0.299 e. The maximum absolute atomic E-state index is 6.05. The second-order valence-corrected chi connectivity index (χ2v) is 5.81. The van der Waals surface area contributed by atoms with Crippen LogP contribution in [0.15, 0.2) is 95.4 Å². The first kappa shape index (κ1) is 15.2. The molecule has 0 spiro atoms. The van der Waals surface area contributed by atoms with Gasteiger partial charge in [0, 0.05) is 17.7 Å². The van der Waals surface area contributed by atoms with E-state index in [1.54, 1.807) is 0 Å². The first-order chi connectivity index (χ1) is 12.4. The molecule has 0 saturated heterocycles. The van der Waals surface area contributed by atoms with Crippen LogP contribution in [0.2, 0.25) is 0 Å². The topological polar surface area (TPSA) is 38.1 Å². The van der Waals surface area contributed by atoms with Gasteiger partial charge < -0.3 is 9.73 Å². The standard InChI is InChI=1S/C22H18N2O/c1-4-10-17(11-5-1)16-20-21(18-12-6-2-7-13-18)25-22(24-20)23-19-14-8-3-9-15-19/h1-15H,16H2,(H,23,24). The third kappa shape index (κ3) is 3.61. The van der Waals surface area contributed by atoms with Crippen molar-refractivity contribution in [3.05, 3.63) is 102 Å². The summed E-state index contributed by atoms with van der Waals surface area (Å²) in [6, 6.07) is 30.9. The molecule has 0 atom stereocenters. The lowest BCUT2D eigenvalue weighted by atomic mass is 10.1. The van der Waals surface area contributed by atoms with E-state index in [0.29, 0.717) is 6.01 Å². The number of nitrogens with zero attached hydrogens (tertiary/aromatic N) is 1. The van der Waals surface area contributed by atoms with Gasteiger partial charge in [-0.1, -0.05) is 78.9 Å². The molecule has 3 nitrogen and oxygen atoms in total. The molecule has 0 unspecified atom stereocenters. The molecule has 0 aliphatic heterocycles. The summed E-state index contributed by atoms with van der Waals surface area (Å²) in [4.78, 5) is 4.70. The second kappa shape index (κ2) is 7.05. The quantitative estimate of drug-likeness (QED) is 0.513. The number of rotatable bonds is 5. The summed E-state index contributed by atoms with van der Waals surface area (Å²) in [5.41, 5.74) is 4.12. The Hall–Kier alpha value is -3.33. The van der Waals surface area contributed by atoms with Crippen molar-refractivity contribution < 1.29 is 4.42 Å². The first-order valence-corrected chi connectivity index (χ1v) is 8.29. The lowest BCUT2D eigenvalue weighted by Crippen LogP contribution is -1.93. The molecular weight excluding hydrogens is 308 g/mol. The maximum Gasteiger partial charge on any atom is 0.299 e. The van der Waals surface area contributed by atoms with Crippen molar-refractivity contribution >= 4 is 11.7 Å². The van der Waals surface area contributed by atoms with Gasteiger partial charge in [0.05, 0.1) is 5.69 Å². The molecule has 4 aromatic rings. The second-order valence-electron chi connectivity index (χ2n) is 5.81. The summed E-state index contributed by atoms with van der Waals surface area (Å²) in [6.45, 7) is 0. The zero-order chi connectivity index (χ0) is 16.9. The number of nitrogens with one attached hydrogen (secondary N) is 1. The van der Waals surface area contributed by atoms with E-state index >= 15 is 0 Å². The molecule has 122 valence electrons. The number of oxazole rings is 1. The molecule has 3 heteroatoms. The molecule has 1 N–H and O–H groups in total. The van der Waals surface area contributed by atoms with Crippen molar-refractivity contribution in [1.82, 2.24) is 4.98 Å². The third-order valence-corrected chi connectivity index (χ3v) is 3.97. The van der Waals surface area contributed by atoms with Gasteiger partial charge in [-0.2, -0.15) is 4.98 Å². The van der Waals surface area contributed by atoms with Crippen LogP contribution in [0, 0.1) is 0 Å². The van der Waals surface area contributed by atoms with Gasteiger partial charge in [-0.15, -0.1) is 0 Å². The Bertz CT molecular complexity index is 932. The molecule has 0 radical (unpaired) electrons. The lowest BCUT2D eigenvalue weighted by Gasteiger charge is -2.01. The summed E-state index contributed by atoms with van der Waals surface area (Å²) < 4.78 is 6.05. The Labute approximate surface area is 147 Å². The van der Waals surface area contributed by atoms with E-state index in [4.69, 9.17) is 9.40 Å². The fourth-order valence-electron chi connectivity index (χ4n) is 2.77. The van der Waals surface area contributed by atoms with Crippen molar-refractivity contribution in [2.45, 2.75) is 6.42 Å². The van der Waals surface area contributed by atoms with Crippen molar-refractivity contribution in [3.63, 3.8) is 0 Å². The van der Waals surface area contributed by atoms with E-state index in [0.717, 1.165) is 29.1 Å². The molecule has 3 aromatic carbocycles. The van der Waals surface area contributed by atoms with Crippen LogP contribution in [0.25, 0.3) is 11.3 Å². The predicted octanol–water partition coefficient (Wildman–Crippen LogP) is 5.68. The van der Waals surface area contributed by atoms with E-state index in [1.807, 2.05) is 78.9 Å². The highest BCUT2D eigenvalue weighted by Gasteiger charge is 2.15. The molecule has 0 bridgehead atoms. The molecule has 0 aliphatic carbocycles. The van der Waals surface area contributed by atoms with Gasteiger partial charge in [0.2, 0.25) is 0 Å². The summed E-state index contributed by atoms with van der Waals surface area (Å²) in [7, 11) is 0. The van der Waals surface area contributed by atoms with Crippen LogP contribution >= 0.6 is 0 Å². The van der Waals surface area contributed by atoms with Gasteiger partial charge in [0.1, 0.15) is 0 Å². The Morgan fingerprint density at radius 2 is 1.32 bits per heavy atom. The van der Waals surface area contributed by atoms with Gasteiger partial charge in [-0.3, -0.25) is 0 Å². The van der Waals surface area contributed by atoms with Crippen molar-refractivity contribution in [2.24, 2.45) is 0 Å². The Morgan fingerprint density at radius 1 is 0.720 bits per heavy atom. The van der Waals surface area contributed by atoms with Crippen molar-refractivity contribution in [2.75, 3.05) is 5.32 Å². The van der Waals surface area contributed by atoms with Crippen LogP contribution in [0.1, 0.15) is 11.3 Å². The molecule has 25 heavy (non-hydrogen) atoms. The fourth-order valence-corrected chi connectivity index (χ4v) is 2.77. The highest BCUT2D eigenvalue weighted by Crippen LogP contribution is 2.30. The number of para-hydroxylation sites is 1. The van der Waals surface area contributed by atoms with E-state index in [2.05, 4.69) is 17.4 Å². The van der Waals surface area contributed by atoms with E-state index < -0.39 is 0 Å². The molecule has 4 rings (SSSR count). The molecule has 0 fully saturated rings. The van der Waals surface area contributed by atoms with Crippen LogP contribution in [0.3, 0.4) is 0 Å². The van der Waals surface area contributed by atoms with Gasteiger partial charge in [0.15, 0.2) is 5.76 Å². The summed E-state index contributed by atoms with van der Waals surface area (Å²) >= 11 is 0. The van der Waals surface area contributed by atoms with Gasteiger partial charge in [0.25, 0.3) is 6.01 Å².